The second-order valence-electron chi connectivity index (χ2n) is 15.0. The van der Waals surface area contributed by atoms with Crippen molar-refractivity contribution in [2.24, 2.45) is 10.3 Å². The lowest BCUT2D eigenvalue weighted by molar-refractivity contribution is -0.138. The highest BCUT2D eigenvalue weighted by molar-refractivity contribution is 7.89. The van der Waals surface area contributed by atoms with Gasteiger partial charge in [0, 0.05) is 17.5 Å². The Kier molecular flexibility index (Phi) is 12.4. The molecule has 0 saturated carbocycles. The molecule has 0 spiro atoms. The van der Waals surface area contributed by atoms with Gasteiger partial charge in [-0.25, -0.2) is 37.1 Å². The van der Waals surface area contributed by atoms with E-state index in [1.54, 1.807) is 74.5 Å². The Labute approximate surface area is 363 Å². The number of fused-ring (bicyclic) bond motifs is 2. The Morgan fingerprint density at radius 2 is 1.02 bits per heavy atom. The lowest BCUT2D eigenvalue weighted by Crippen LogP contribution is -2.13. The first-order valence-electron chi connectivity index (χ1n) is 19.3. The van der Waals surface area contributed by atoms with E-state index in [-0.39, 0.29) is 9.79 Å². The highest BCUT2D eigenvalue weighted by atomic mass is 32.2. The van der Waals surface area contributed by atoms with Gasteiger partial charge in [0.15, 0.2) is 0 Å². The molecule has 18 heteroatoms. The molecule has 0 atom stereocenters. The summed E-state index contributed by atoms with van der Waals surface area (Å²) in [5.41, 5.74) is 6.63. The molecule has 0 fully saturated rings. The molecule has 64 heavy (non-hydrogen) atoms. The van der Waals surface area contributed by atoms with Crippen molar-refractivity contribution in [1.82, 2.24) is 19.9 Å². The van der Waals surface area contributed by atoms with Gasteiger partial charge in [-0.05, 0) is 120 Å². The fourth-order valence-corrected chi connectivity index (χ4v) is 8.60. The highest BCUT2D eigenvalue weighted by Crippen LogP contribution is 2.33. The van der Waals surface area contributed by atoms with Gasteiger partial charge in [-0.1, -0.05) is 66.7 Å². The summed E-state index contributed by atoms with van der Waals surface area (Å²) in [6.45, 7) is 3.57. The third-order valence-corrected chi connectivity index (χ3v) is 12.0. The topological polar surface area (TPSA) is 178 Å². The molecule has 0 amide bonds. The van der Waals surface area contributed by atoms with E-state index >= 15 is 0 Å². The lowest BCUT2D eigenvalue weighted by Gasteiger charge is -2.09. The predicted octanol–water partition coefficient (Wildman–Crippen LogP) is 10.4. The number of hydrogen-bond acceptors (Lipinski definition) is 6. The van der Waals surface area contributed by atoms with E-state index in [4.69, 9.17) is 10.3 Å². The van der Waals surface area contributed by atoms with E-state index in [1.165, 1.54) is 36.4 Å². The van der Waals surface area contributed by atoms with Gasteiger partial charge in [-0.15, -0.1) is 0 Å². The molecule has 330 valence electrons. The molecule has 0 aliphatic rings. The second kappa shape index (κ2) is 17.5. The number of nitrogens with two attached hydrogens (primary N) is 2. The van der Waals surface area contributed by atoms with Crippen LogP contribution >= 0.6 is 0 Å². The summed E-state index contributed by atoms with van der Waals surface area (Å²) in [5, 5.41) is 10.8. The van der Waals surface area contributed by atoms with Crippen LogP contribution in [0.25, 0.3) is 56.5 Å². The minimum atomic E-state index is -4.38. The number of H-pyrrole nitrogens is 2. The van der Waals surface area contributed by atoms with Gasteiger partial charge in [0.1, 0.15) is 11.6 Å². The van der Waals surface area contributed by atoms with Crippen LogP contribution < -0.4 is 10.3 Å². The molecular weight excluding hydrogens is 879 g/mol. The molecule has 0 aliphatic carbocycles. The summed E-state index contributed by atoms with van der Waals surface area (Å²) < 4.78 is 124. The van der Waals surface area contributed by atoms with Gasteiger partial charge in [0.25, 0.3) is 0 Å². The number of hydrogen-bond donors (Lipinski definition) is 4. The average Bonchev–Trinajstić information content (AvgIpc) is 3.84. The van der Waals surface area contributed by atoms with Crippen molar-refractivity contribution in [2.45, 2.75) is 48.8 Å². The second-order valence-corrected chi connectivity index (χ2v) is 18.1. The molecule has 2 heterocycles. The van der Waals surface area contributed by atoms with Crippen LogP contribution in [-0.2, 0) is 45.2 Å². The van der Waals surface area contributed by atoms with Crippen LogP contribution in [0.15, 0.2) is 131 Å². The Morgan fingerprint density at radius 1 is 0.547 bits per heavy atom. The van der Waals surface area contributed by atoms with Gasteiger partial charge in [0.2, 0.25) is 20.0 Å². The molecule has 0 bridgehead atoms. The third-order valence-electron chi connectivity index (χ3n) is 10.1. The van der Waals surface area contributed by atoms with Gasteiger partial charge < -0.3 is 9.97 Å². The quantitative estimate of drug-likeness (QED) is 0.105. The van der Waals surface area contributed by atoms with Crippen molar-refractivity contribution in [3.05, 3.63) is 166 Å². The number of imidazole rings is 2. The summed E-state index contributed by atoms with van der Waals surface area (Å²) in [6, 6.07) is 30.7. The number of alkyl halides is 6. The van der Waals surface area contributed by atoms with Crippen LogP contribution in [0.1, 0.15) is 45.0 Å². The summed E-state index contributed by atoms with van der Waals surface area (Å²) in [6.07, 6.45) is -4.38. The van der Waals surface area contributed by atoms with E-state index in [9.17, 15) is 43.2 Å². The minimum absolute atomic E-state index is 0.0405. The number of sulfonamides is 2. The first kappa shape index (κ1) is 45.4. The number of rotatable bonds is 9. The van der Waals surface area contributed by atoms with Gasteiger partial charge in [-0.2, -0.15) is 26.3 Å². The van der Waals surface area contributed by atoms with Crippen molar-refractivity contribution < 1.29 is 43.2 Å². The highest BCUT2D eigenvalue weighted by Gasteiger charge is 2.30. The first-order chi connectivity index (χ1) is 30.0. The van der Waals surface area contributed by atoms with Crippen LogP contribution in [0.3, 0.4) is 0 Å². The maximum atomic E-state index is 12.7. The normalized spacial score (nSPS) is 12.5. The largest absolute Gasteiger partial charge is 0.416 e. The van der Waals surface area contributed by atoms with Gasteiger partial charge in [-0.3, -0.25) is 0 Å². The van der Waals surface area contributed by atoms with E-state index in [2.05, 4.69) is 19.9 Å². The summed E-state index contributed by atoms with van der Waals surface area (Å²) in [5.74, 6) is 1.19. The van der Waals surface area contributed by atoms with Crippen molar-refractivity contribution >= 4 is 54.3 Å². The predicted molar refractivity (Wildman–Crippen MR) is 235 cm³/mol. The molecule has 6 N–H and O–H groups in total. The maximum absolute atomic E-state index is 12.7. The number of aromatic nitrogens is 4. The molecular formula is C46H38F6N6O4S2. The zero-order valence-corrected chi connectivity index (χ0v) is 35.5. The van der Waals surface area contributed by atoms with E-state index in [0.717, 1.165) is 46.5 Å². The monoisotopic (exact) mass is 916 g/mol. The van der Waals surface area contributed by atoms with Crippen LogP contribution in [0, 0.1) is 13.8 Å². The summed E-state index contributed by atoms with van der Waals surface area (Å²) in [7, 11) is -7.81. The summed E-state index contributed by atoms with van der Waals surface area (Å²) >= 11 is 0. The van der Waals surface area contributed by atoms with Gasteiger partial charge in [0.05, 0.1) is 43.0 Å². The molecule has 8 rings (SSSR count). The number of halogens is 6. The molecule has 0 saturated heterocycles. The number of primary sulfonamides is 2. The Balaban J connectivity index is 0.000000191. The minimum Gasteiger partial charge on any atom is -0.342 e. The average molecular weight is 917 g/mol. The molecule has 10 nitrogen and oxygen atoms in total. The fourth-order valence-electron chi connectivity index (χ4n) is 6.91. The van der Waals surface area contributed by atoms with Gasteiger partial charge >= 0.3 is 12.4 Å². The Morgan fingerprint density at radius 3 is 1.50 bits per heavy atom. The maximum Gasteiger partial charge on any atom is 0.416 e. The number of nitrogens with zero attached hydrogens (tertiary/aromatic N) is 2. The van der Waals surface area contributed by atoms with Crippen LogP contribution in [0.5, 0.6) is 0 Å². The molecule has 8 aromatic rings. The van der Waals surface area contributed by atoms with Crippen LogP contribution in [0.2, 0.25) is 0 Å². The third kappa shape index (κ3) is 10.8. The first-order valence-corrected chi connectivity index (χ1v) is 22.4. The SMILES string of the molecule is Cc1ccc(-c2ccc3nc(/C=C/c4ccc(C(F)(F)F)cc4)[nH]c3c2)c(S(N)(=O)=O)c1.Cc1ccc(-c2ccc3nc(CCc4ccc(C(F)(F)F)cc4)[nH]c3c2)c(S(N)(=O)=O)c1. The Hall–Kier alpha value is -6.60. The fraction of sp³-hybridized carbons (Fsp3) is 0.130. The van der Waals surface area contributed by atoms with Crippen molar-refractivity contribution in [1.29, 1.82) is 0 Å². The zero-order valence-electron chi connectivity index (χ0n) is 33.9. The molecule has 6 aromatic carbocycles. The molecule has 0 radical (unpaired) electrons. The molecule has 2 aromatic heterocycles. The van der Waals surface area contributed by atoms with Crippen LogP contribution in [0.4, 0.5) is 26.3 Å². The van der Waals surface area contributed by atoms with Crippen molar-refractivity contribution in [2.75, 3.05) is 0 Å². The van der Waals surface area contributed by atoms with E-state index in [0.29, 0.717) is 68.9 Å². The Bertz CT molecular complexity index is 3270. The lowest BCUT2D eigenvalue weighted by atomic mass is 10.0. The number of nitrogens with one attached hydrogen (secondary N) is 2. The molecule has 0 aliphatic heterocycles. The number of aryl methyl sites for hydroxylation is 4. The van der Waals surface area contributed by atoms with Crippen LogP contribution in [-0.4, -0.2) is 36.8 Å². The standard InChI is InChI=1S/C23H20F3N3O2S.C23H18F3N3O2S/c2*1-14-2-9-18(21(12-14)32(27,30)31)16-6-10-19-20(13-16)29-22(28-19)11-5-15-3-7-17(8-4-15)23(24,25)26/h2-4,6-10,12-13H,5,11H2,1H3,(H,28,29)(H2,27,30,31);2-13H,1H3,(H,28,29)(H2,27,30,31)/b;11-5+. The molecule has 0 unspecified atom stereocenters. The van der Waals surface area contributed by atoms with Crippen molar-refractivity contribution in [3.8, 4) is 22.3 Å². The van der Waals surface area contributed by atoms with E-state index in [1.807, 2.05) is 12.1 Å². The van der Waals surface area contributed by atoms with Crippen molar-refractivity contribution in [3.63, 3.8) is 0 Å². The smallest absolute Gasteiger partial charge is 0.342 e. The van der Waals surface area contributed by atoms with E-state index < -0.39 is 43.5 Å². The summed E-state index contributed by atoms with van der Waals surface area (Å²) in [4.78, 5) is 15.4. The number of benzene rings is 6. The number of aromatic amines is 2. The zero-order chi connectivity index (χ0) is 46.2.